The van der Waals surface area contributed by atoms with Crippen molar-refractivity contribution in [2.75, 3.05) is 7.11 Å². The van der Waals surface area contributed by atoms with Gasteiger partial charge in [0, 0.05) is 35.3 Å². The SMILES string of the molecule is COC(CC(C)(C)NCc1ccccc1)c1nn(-c2ccccc2Cl)c(-c2ccc(Cl)cc2)c1C. The third-order valence-corrected chi connectivity index (χ3v) is 6.83. The molecule has 6 heteroatoms. The molecule has 1 atom stereocenters. The molecule has 1 heterocycles. The van der Waals surface area contributed by atoms with Crippen LogP contribution in [0.4, 0.5) is 0 Å². The minimum atomic E-state index is -0.205. The molecule has 4 nitrogen and oxygen atoms in total. The van der Waals surface area contributed by atoms with Crippen molar-refractivity contribution in [2.24, 2.45) is 0 Å². The lowest BCUT2D eigenvalue weighted by atomic mass is 9.92. The van der Waals surface area contributed by atoms with E-state index < -0.39 is 0 Å². The summed E-state index contributed by atoms with van der Waals surface area (Å²) in [7, 11) is 1.74. The first-order valence-corrected chi connectivity index (χ1v) is 12.5. The fourth-order valence-electron chi connectivity index (χ4n) is 4.33. The summed E-state index contributed by atoms with van der Waals surface area (Å²) in [5.41, 5.74) is 5.83. The van der Waals surface area contributed by atoms with Gasteiger partial charge < -0.3 is 10.1 Å². The van der Waals surface area contributed by atoms with Gasteiger partial charge in [-0.2, -0.15) is 5.10 Å². The van der Waals surface area contributed by atoms with E-state index >= 15 is 0 Å². The van der Waals surface area contributed by atoms with Crippen molar-refractivity contribution >= 4 is 23.2 Å². The monoisotopic (exact) mass is 507 g/mol. The van der Waals surface area contributed by atoms with Crippen molar-refractivity contribution in [3.8, 4) is 16.9 Å². The van der Waals surface area contributed by atoms with E-state index in [1.807, 2.05) is 59.3 Å². The third kappa shape index (κ3) is 5.96. The number of hydrogen-bond donors (Lipinski definition) is 1. The molecule has 0 radical (unpaired) electrons. The highest BCUT2D eigenvalue weighted by molar-refractivity contribution is 6.32. The standard InChI is InChI=1S/C29H31Cl2N3O/c1-20-27(26(35-4)18-29(2,3)32-19-21-10-6-5-7-11-21)33-34(25-13-9-8-12-24(25)31)28(20)22-14-16-23(30)17-15-22/h5-17,26,32H,18-19H2,1-4H3. The van der Waals surface area contributed by atoms with E-state index in [0.29, 0.717) is 10.0 Å². The van der Waals surface area contributed by atoms with Gasteiger partial charge in [0.15, 0.2) is 0 Å². The van der Waals surface area contributed by atoms with Crippen molar-refractivity contribution < 1.29 is 4.74 Å². The van der Waals surface area contributed by atoms with Crippen LogP contribution >= 0.6 is 23.2 Å². The molecule has 1 unspecified atom stereocenters. The zero-order chi connectivity index (χ0) is 25.0. The van der Waals surface area contributed by atoms with E-state index in [0.717, 1.165) is 41.2 Å². The second-order valence-corrected chi connectivity index (χ2v) is 10.2. The van der Waals surface area contributed by atoms with Crippen LogP contribution < -0.4 is 5.32 Å². The van der Waals surface area contributed by atoms with E-state index in [9.17, 15) is 0 Å². The quantitative estimate of drug-likeness (QED) is 0.251. The number of nitrogens with zero attached hydrogens (tertiary/aromatic N) is 2. The molecule has 0 bridgehead atoms. The lowest BCUT2D eigenvalue weighted by molar-refractivity contribution is 0.0676. The Morgan fingerprint density at radius 1 is 0.943 bits per heavy atom. The second-order valence-electron chi connectivity index (χ2n) is 9.38. The van der Waals surface area contributed by atoms with Crippen molar-refractivity contribution in [1.82, 2.24) is 15.1 Å². The number of hydrogen-bond acceptors (Lipinski definition) is 3. The first kappa shape index (κ1) is 25.5. The summed E-state index contributed by atoms with van der Waals surface area (Å²) in [5, 5.41) is 10.1. The van der Waals surface area contributed by atoms with Crippen LogP contribution in [-0.2, 0) is 11.3 Å². The third-order valence-electron chi connectivity index (χ3n) is 6.26. The fourth-order valence-corrected chi connectivity index (χ4v) is 4.67. The highest BCUT2D eigenvalue weighted by Crippen LogP contribution is 2.37. The van der Waals surface area contributed by atoms with Crippen molar-refractivity contribution in [2.45, 2.75) is 45.4 Å². The van der Waals surface area contributed by atoms with E-state index in [4.69, 9.17) is 33.0 Å². The topological polar surface area (TPSA) is 39.1 Å². The van der Waals surface area contributed by atoms with Gasteiger partial charge in [0.25, 0.3) is 0 Å². The number of methoxy groups -OCH3 is 1. The molecule has 0 aliphatic heterocycles. The summed E-state index contributed by atoms with van der Waals surface area (Å²) in [6.07, 6.45) is 0.541. The van der Waals surface area contributed by atoms with Crippen LogP contribution in [-0.4, -0.2) is 22.4 Å². The number of rotatable bonds is 9. The smallest absolute Gasteiger partial charge is 0.103 e. The lowest BCUT2D eigenvalue weighted by Crippen LogP contribution is -2.40. The summed E-state index contributed by atoms with van der Waals surface area (Å²) >= 11 is 12.8. The molecule has 0 fully saturated rings. The summed E-state index contributed by atoms with van der Waals surface area (Å²) in [6.45, 7) is 7.27. The maximum atomic E-state index is 6.60. The average Bonchev–Trinajstić information content (AvgIpc) is 3.19. The molecule has 1 N–H and O–H groups in total. The van der Waals surface area contributed by atoms with Crippen LogP contribution in [0.2, 0.25) is 10.0 Å². The van der Waals surface area contributed by atoms with Crippen LogP contribution in [0, 0.1) is 6.92 Å². The Hall–Kier alpha value is -2.63. The summed E-state index contributed by atoms with van der Waals surface area (Å²) in [6, 6.07) is 26.0. The number of nitrogens with one attached hydrogen (secondary N) is 1. The molecular weight excluding hydrogens is 477 g/mol. The highest BCUT2D eigenvalue weighted by atomic mass is 35.5. The van der Waals surface area contributed by atoms with Gasteiger partial charge in [-0.3, -0.25) is 0 Å². The number of para-hydroxylation sites is 1. The van der Waals surface area contributed by atoms with E-state index in [2.05, 4.69) is 50.4 Å². The zero-order valence-corrected chi connectivity index (χ0v) is 22.1. The molecule has 0 saturated carbocycles. The Bertz CT molecular complexity index is 1270. The molecule has 0 aliphatic rings. The van der Waals surface area contributed by atoms with Gasteiger partial charge in [0.2, 0.25) is 0 Å². The van der Waals surface area contributed by atoms with Crippen LogP contribution in [0.15, 0.2) is 78.9 Å². The van der Waals surface area contributed by atoms with Crippen molar-refractivity contribution in [1.29, 1.82) is 0 Å². The van der Waals surface area contributed by atoms with Crippen LogP contribution in [0.5, 0.6) is 0 Å². The number of halogens is 2. The summed E-state index contributed by atoms with van der Waals surface area (Å²) in [4.78, 5) is 0. The molecule has 0 aliphatic carbocycles. The first-order valence-electron chi connectivity index (χ1n) is 11.7. The van der Waals surface area contributed by atoms with Gasteiger partial charge in [-0.15, -0.1) is 0 Å². The van der Waals surface area contributed by atoms with E-state index in [1.54, 1.807) is 7.11 Å². The Morgan fingerprint density at radius 2 is 1.60 bits per heavy atom. The van der Waals surface area contributed by atoms with Crippen LogP contribution in [0.25, 0.3) is 16.9 Å². The molecule has 0 spiro atoms. The predicted molar refractivity (Wildman–Crippen MR) is 145 cm³/mol. The van der Waals surface area contributed by atoms with Crippen LogP contribution in [0.1, 0.15) is 43.2 Å². The van der Waals surface area contributed by atoms with Crippen LogP contribution in [0.3, 0.4) is 0 Å². The summed E-state index contributed by atoms with van der Waals surface area (Å²) in [5.74, 6) is 0. The van der Waals surface area contributed by atoms with Gasteiger partial charge in [0.05, 0.1) is 22.1 Å². The van der Waals surface area contributed by atoms with Crippen molar-refractivity contribution in [3.63, 3.8) is 0 Å². The lowest BCUT2D eigenvalue weighted by Gasteiger charge is -2.30. The van der Waals surface area contributed by atoms with Gasteiger partial charge in [0.1, 0.15) is 6.10 Å². The zero-order valence-electron chi connectivity index (χ0n) is 20.6. The average molecular weight is 508 g/mol. The number of ether oxygens (including phenoxy) is 1. The Kier molecular flexibility index (Phi) is 7.98. The Balaban J connectivity index is 1.70. The maximum absolute atomic E-state index is 6.60. The van der Waals surface area contributed by atoms with Gasteiger partial charge in [-0.05, 0) is 57.0 Å². The molecule has 0 saturated heterocycles. The molecule has 4 aromatic rings. The molecule has 3 aromatic carbocycles. The molecule has 0 amide bonds. The molecule has 1 aromatic heterocycles. The molecule has 4 rings (SSSR count). The largest absolute Gasteiger partial charge is 0.375 e. The van der Waals surface area contributed by atoms with Gasteiger partial charge in [-0.1, -0.05) is 77.8 Å². The highest BCUT2D eigenvalue weighted by Gasteiger charge is 2.29. The Labute approximate surface area is 217 Å². The van der Waals surface area contributed by atoms with Gasteiger partial charge >= 0.3 is 0 Å². The van der Waals surface area contributed by atoms with E-state index in [-0.39, 0.29) is 11.6 Å². The predicted octanol–water partition coefficient (Wildman–Crippen LogP) is 7.80. The number of benzene rings is 3. The normalized spacial score (nSPS) is 12.6. The minimum absolute atomic E-state index is 0.183. The maximum Gasteiger partial charge on any atom is 0.103 e. The molecule has 182 valence electrons. The minimum Gasteiger partial charge on any atom is -0.375 e. The first-order chi connectivity index (χ1) is 16.8. The molecule has 35 heavy (non-hydrogen) atoms. The van der Waals surface area contributed by atoms with Crippen molar-refractivity contribution in [3.05, 3.63) is 106 Å². The fraction of sp³-hybridized carbons (Fsp3) is 0.276. The second kappa shape index (κ2) is 11.0. The van der Waals surface area contributed by atoms with E-state index in [1.165, 1.54) is 5.56 Å². The summed E-state index contributed by atoms with van der Waals surface area (Å²) < 4.78 is 7.95. The Morgan fingerprint density at radius 3 is 2.26 bits per heavy atom. The molecular formula is C29H31Cl2N3O. The van der Waals surface area contributed by atoms with Gasteiger partial charge in [-0.25, -0.2) is 4.68 Å². The number of aromatic nitrogens is 2.